The lowest BCUT2D eigenvalue weighted by Gasteiger charge is -2.30. The summed E-state index contributed by atoms with van der Waals surface area (Å²) < 4.78 is 10.4. The van der Waals surface area contributed by atoms with Crippen LogP contribution in [0.3, 0.4) is 0 Å². The van der Waals surface area contributed by atoms with Crippen molar-refractivity contribution >= 4 is 11.8 Å². The Morgan fingerprint density at radius 1 is 0.933 bits per heavy atom. The first-order valence-corrected chi connectivity index (χ1v) is 10.1. The quantitative estimate of drug-likeness (QED) is 0.592. The average Bonchev–Trinajstić information content (AvgIpc) is 2.80. The summed E-state index contributed by atoms with van der Waals surface area (Å²) in [5.74, 6) is 0.907. The Morgan fingerprint density at radius 2 is 1.60 bits per heavy atom. The van der Waals surface area contributed by atoms with Crippen LogP contribution in [0.5, 0.6) is 11.5 Å². The van der Waals surface area contributed by atoms with Gasteiger partial charge in [-0.15, -0.1) is 0 Å². The number of nitrogens with zero attached hydrogens (tertiary/aromatic N) is 1. The summed E-state index contributed by atoms with van der Waals surface area (Å²) in [5.41, 5.74) is 1.54. The molecule has 0 radical (unpaired) electrons. The zero-order chi connectivity index (χ0) is 21.9. The van der Waals surface area contributed by atoms with Crippen molar-refractivity contribution in [1.29, 1.82) is 0 Å². The van der Waals surface area contributed by atoms with Gasteiger partial charge in [-0.25, -0.2) is 0 Å². The molecule has 2 N–H and O–H groups in total. The van der Waals surface area contributed by atoms with Crippen molar-refractivity contribution in [3.05, 3.63) is 59.7 Å². The molecule has 2 aromatic carbocycles. The molecule has 2 amide bonds. The second kappa shape index (κ2) is 11.8. The van der Waals surface area contributed by atoms with Crippen molar-refractivity contribution in [1.82, 2.24) is 15.5 Å². The maximum absolute atomic E-state index is 12.3. The Labute approximate surface area is 178 Å². The lowest BCUT2D eigenvalue weighted by atomic mass is 10.0. The number of methoxy groups -OCH3 is 2. The molecule has 7 heteroatoms. The van der Waals surface area contributed by atoms with Crippen molar-refractivity contribution < 1.29 is 19.1 Å². The van der Waals surface area contributed by atoms with Crippen LogP contribution in [0, 0.1) is 0 Å². The molecule has 0 aliphatic heterocycles. The molecule has 0 saturated carbocycles. The zero-order valence-electron chi connectivity index (χ0n) is 18.1. The second-order valence-corrected chi connectivity index (χ2v) is 6.73. The van der Waals surface area contributed by atoms with Gasteiger partial charge in [-0.1, -0.05) is 26.0 Å². The first kappa shape index (κ1) is 23.2. The van der Waals surface area contributed by atoms with E-state index in [2.05, 4.69) is 29.4 Å². The molecule has 162 valence electrons. The third-order valence-corrected chi connectivity index (χ3v) is 4.99. The standard InChI is InChI=1S/C23H31N3O4/c1-5-26(6-2)21(18-8-7-9-20(14-18)30-4)15-24-22(27)16-25-23(28)17-10-12-19(29-3)13-11-17/h7-14,21H,5-6,15-16H2,1-4H3,(H,24,27)(H,25,28). The van der Waals surface area contributed by atoms with Gasteiger partial charge in [-0.3, -0.25) is 14.5 Å². The number of carbonyl (C=O) groups is 2. The van der Waals surface area contributed by atoms with E-state index in [-0.39, 0.29) is 24.4 Å². The van der Waals surface area contributed by atoms with Gasteiger partial charge < -0.3 is 20.1 Å². The molecule has 0 spiro atoms. The Hall–Kier alpha value is -3.06. The van der Waals surface area contributed by atoms with Crippen LogP contribution in [0.25, 0.3) is 0 Å². The largest absolute Gasteiger partial charge is 0.497 e. The lowest BCUT2D eigenvalue weighted by molar-refractivity contribution is -0.120. The minimum Gasteiger partial charge on any atom is -0.497 e. The third kappa shape index (κ3) is 6.49. The van der Waals surface area contributed by atoms with E-state index in [0.717, 1.165) is 24.4 Å². The molecule has 0 bridgehead atoms. The molecule has 0 fully saturated rings. The van der Waals surface area contributed by atoms with Crippen molar-refractivity contribution in [2.45, 2.75) is 19.9 Å². The van der Waals surface area contributed by atoms with E-state index in [4.69, 9.17) is 9.47 Å². The molecule has 1 unspecified atom stereocenters. The van der Waals surface area contributed by atoms with Crippen LogP contribution in [0.15, 0.2) is 48.5 Å². The van der Waals surface area contributed by atoms with Crippen LogP contribution in [0.4, 0.5) is 0 Å². The fraction of sp³-hybridized carbons (Fsp3) is 0.391. The molecule has 0 aliphatic rings. The highest BCUT2D eigenvalue weighted by Crippen LogP contribution is 2.23. The van der Waals surface area contributed by atoms with Crippen molar-refractivity contribution in [3.63, 3.8) is 0 Å². The van der Waals surface area contributed by atoms with E-state index in [0.29, 0.717) is 17.9 Å². The van der Waals surface area contributed by atoms with Crippen LogP contribution < -0.4 is 20.1 Å². The Morgan fingerprint density at radius 3 is 2.20 bits per heavy atom. The van der Waals surface area contributed by atoms with Gasteiger partial charge in [0, 0.05) is 12.1 Å². The summed E-state index contributed by atoms with van der Waals surface area (Å²) in [4.78, 5) is 26.8. The van der Waals surface area contributed by atoms with Crippen LogP contribution in [-0.2, 0) is 4.79 Å². The number of hydrogen-bond donors (Lipinski definition) is 2. The van der Waals surface area contributed by atoms with Gasteiger partial charge in [0.25, 0.3) is 5.91 Å². The van der Waals surface area contributed by atoms with E-state index >= 15 is 0 Å². The first-order chi connectivity index (χ1) is 14.5. The molecule has 30 heavy (non-hydrogen) atoms. The Balaban J connectivity index is 1.95. The van der Waals surface area contributed by atoms with Gasteiger partial charge in [0.05, 0.1) is 26.8 Å². The molecular formula is C23H31N3O4. The van der Waals surface area contributed by atoms with Crippen LogP contribution in [0.2, 0.25) is 0 Å². The van der Waals surface area contributed by atoms with E-state index in [1.807, 2.05) is 24.3 Å². The summed E-state index contributed by atoms with van der Waals surface area (Å²) in [6, 6.07) is 14.6. The van der Waals surface area contributed by atoms with Crippen molar-refractivity contribution in [3.8, 4) is 11.5 Å². The summed E-state index contributed by atoms with van der Waals surface area (Å²) in [6.07, 6.45) is 0. The summed E-state index contributed by atoms with van der Waals surface area (Å²) >= 11 is 0. The lowest BCUT2D eigenvalue weighted by Crippen LogP contribution is -2.42. The fourth-order valence-electron chi connectivity index (χ4n) is 3.25. The van der Waals surface area contributed by atoms with Gasteiger partial charge in [0.1, 0.15) is 11.5 Å². The monoisotopic (exact) mass is 413 g/mol. The van der Waals surface area contributed by atoms with E-state index in [1.165, 1.54) is 0 Å². The van der Waals surface area contributed by atoms with E-state index in [1.54, 1.807) is 38.5 Å². The van der Waals surface area contributed by atoms with Gasteiger partial charge in [0.2, 0.25) is 5.91 Å². The van der Waals surface area contributed by atoms with Crippen molar-refractivity contribution in [2.24, 2.45) is 0 Å². The number of nitrogens with one attached hydrogen (secondary N) is 2. The molecule has 0 aromatic heterocycles. The van der Waals surface area contributed by atoms with E-state index < -0.39 is 0 Å². The van der Waals surface area contributed by atoms with Crippen LogP contribution >= 0.6 is 0 Å². The highest BCUT2D eigenvalue weighted by atomic mass is 16.5. The number of benzene rings is 2. The van der Waals surface area contributed by atoms with Crippen molar-refractivity contribution in [2.75, 3.05) is 40.4 Å². The molecule has 0 saturated heterocycles. The highest BCUT2D eigenvalue weighted by Gasteiger charge is 2.19. The molecule has 1 atom stereocenters. The molecule has 0 aliphatic carbocycles. The number of ether oxygens (including phenoxy) is 2. The number of likely N-dealkylation sites (N-methyl/N-ethyl adjacent to an activating group) is 1. The van der Waals surface area contributed by atoms with Crippen LogP contribution in [-0.4, -0.2) is 57.1 Å². The number of carbonyl (C=O) groups excluding carboxylic acids is 2. The molecule has 2 aromatic rings. The molecule has 7 nitrogen and oxygen atoms in total. The zero-order valence-corrected chi connectivity index (χ0v) is 18.1. The number of hydrogen-bond acceptors (Lipinski definition) is 5. The fourth-order valence-corrected chi connectivity index (χ4v) is 3.25. The number of rotatable bonds is 11. The molecule has 2 rings (SSSR count). The third-order valence-electron chi connectivity index (χ3n) is 4.99. The average molecular weight is 414 g/mol. The van der Waals surface area contributed by atoms with Gasteiger partial charge in [-0.2, -0.15) is 0 Å². The van der Waals surface area contributed by atoms with Gasteiger partial charge >= 0.3 is 0 Å². The predicted octanol–water partition coefficient (Wildman–Crippen LogP) is 2.63. The highest BCUT2D eigenvalue weighted by molar-refractivity contribution is 5.96. The maximum Gasteiger partial charge on any atom is 0.251 e. The minimum absolute atomic E-state index is 0.0105. The Kier molecular flexibility index (Phi) is 9.15. The SMILES string of the molecule is CCN(CC)C(CNC(=O)CNC(=O)c1ccc(OC)cc1)c1cccc(OC)c1. The van der Waals surface area contributed by atoms with Gasteiger partial charge in [0.15, 0.2) is 0 Å². The Bertz CT molecular complexity index is 819. The summed E-state index contributed by atoms with van der Waals surface area (Å²) in [5, 5.41) is 5.59. The summed E-state index contributed by atoms with van der Waals surface area (Å²) in [6.45, 7) is 6.23. The first-order valence-electron chi connectivity index (χ1n) is 10.1. The maximum atomic E-state index is 12.3. The molecule has 0 heterocycles. The van der Waals surface area contributed by atoms with Gasteiger partial charge in [-0.05, 0) is 55.1 Å². The topological polar surface area (TPSA) is 79.9 Å². The van der Waals surface area contributed by atoms with Crippen LogP contribution in [0.1, 0.15) is 35.8 Å². The summed E-state index contributed by atoms with van der Waals surface area (Å²) in [7, 11) is 3.20. The predicted molar refractivity (Wildman–Crippen MR) is 117 cm³/mol. The second-order valence-electron chi connectivity index (χ2n) is 6.73. The normalized spacial score (nSPS) is 11.6. The molecular weight excluding hydrogens is 382 g/mol. The van der Waals surface area contributed by atoms with E-state index in [9.17, 15) is 9.59 Å². The minimum atomic E-state index is -0.305. The number of amides is 2. The smallest absolute Gasteiger partial charge is 0.251 e.